The molecule has 1 aromatic rings. The van der Waals surface area contributed by atoms with Crippen LogP contribution in [0.2, 0.25) is 0 Å². The molecule has 0 aliphatic rings. The van der Waals surface area contributed by atoms with Crippen molar-refractivity contribution in [2.75, 3.05) is 0 Å². The molecule has 48 valence electrons. The predicted octanol–water partition coefficient (Wildman–Crippen LogP) is 1.32. The molecule has 2 nitrogen and oxygen atoms in total. The zero-order chi connectivity index (χ0) is 7.40. The molecule has 0 aromatic carbocycles. The molecule has 0 bridgehead atoms. The Labute approximate surface area is 59.9 Å². The van der Waals surface area contributed by atoms with Crippen molar-refractivity contribution in [1.82, 2.24) is 0 Å². The maximum atomic E-state index is 6.65. The Hall–Kier alpha value is -1.62. The second-order valence-corrected chi connectivity index (χ2v) is 1.81. The van der Waals surface area contributed by atoms with E-state index in [1.165, 1.54) is 0 Å². The maximum absolute atomic E-state index is 6.65. The summed E-state index contributed by atoms with van der Waals surface area (Å²) in [6.07, 6.45) is 3.58. The molecule has 0 spiro atoms. The summed E-state index contributed by atoms with van der Waals surface area (Å²) in [7, 11) is 0. The zero-order valence-electron chi connectivity index (χ0n) is 5.49. The Morgan fingerprint density at radius 3 is 2.40 bits per heavy atom. The fraction of sp³-hybridized carbons (Fsp3) is 0. The predicted molar refractivity (Wildman–Crippen MR) is 38.6 cm³/mol. The van der Waals surface area contributed by atoms with Gasteiger partial charge < -0.3 is 0 Å². The summed E-state index contributed by atoms with van der Waals surface area (Å²) < 4.78 is 1.67. The van der Waals surface area contributed by atoms with E-state index < -0.39 is 0 Å². The molecular formula is C8H7N2+. The van der Waals surface area contributed by atoms with Gasteiger partial charge in [-0.1, -0.05) is 6.07 Å². The molecule has 0 saturated heterocycles. The lowest BCUT2D eigenvalue weighted by Gasteiger charge is -1.86. The average Bonchev–Trinajstić information content (AvgIpc) is 2.05. The van der Waals surface area contributed by atoms with Crippen LogP contribution in [0.25, 0.3) is 10.7 Å². The summed E-state index contributed by atoms with van der Waals surface area (Å²) in [5, 5.41) is 0. The second kappa shape index (κ2) is 2.79. The molecule has 0 aliphatic heterocycles. The van der Waals surface area contributed by atoms with Crippen molar-refractivity contribution in [2.45, 2.75) is 0 Å². The van der Waals surface area contributed by atoms with Gasteiger partial charge >= 0.3 is 5.82 Å². The van der Waals surface area contributed by atoms with Crippen LogP contribution in [-0.4, -0.2) is 0 Å². The topological polar surface area (TPSA) is 8.24 Å². The van der Waals surface area contributed by atoms with Crippen LogP contribution in [0.4, 0.5) is 0 Å². The van der Waals surface area contributed by atoms with Crippen LogP contribution in [0.1, 0.15) is 0 Å². The maximum Gasteiger partial charge on any atom is 0.417 e. The number of hydrogen-bond donors (Lipinski definition) is 0. The van der Waals surface area contributed by atoms with Crippen LogP contribution >= 0.6 is 0 Å². The lowest BCUT2D eigenvalue weighted by Crippen LogP contribution is -2.28. The molecule has 10 heavy (non-hydrogen) atoms. The van der Waals surface area contributed by atoms with E-state index >= 15 is 0 Å². The van der Waals surface area contributed by atoms with Gasteiger partial charge in [-0.3, -0.25) is 0 Å². The third kappa shape index (κ3) is 1.20. The standard InChI is InChI=1S/C8H7N2/c1-8(9-2)10-6-4-3-5-7-10/h3-7H,1H2/q+1. The fourth-order valence-electron chi connectivity index (χ4n) is 0.628. The van der Waals surface area contributed by atoms with Gasteiger partial charge in [0, 0.05) is 12.1 Å². The minimum absolute atomic E-state index is 0.417. The average molecular weight is 131 g/mol. The quantitative estimate of drug-likeness (QED) is 0.401. The number of hydrogen-bond acceptors (Lipinski definition) is 0. The SMILES string of the molecule is [C-]#[N+]C(=C)[n+]1ccccc1. The van der Waals surface area contributed by atoms with Crippen LogP contribution < -0.4 is 4.57 Å². The van der Waals surface area contributed by atoms with Crippen LogP contribution in [0.3, 0.4) is 0 Å². The summed E-state index contributed by atoms with van der Waals surface area (Å²) in [4.78, 5) is 3.18. The molecule has 1 aromatic heterocycles. The lowest BCUT2D eigenvalue weighted by molar-refractivity contribution is -0.578. The van der Waals surface area contributed by atoms with Crippen molar-refractivity contribution in [3.8, 4) is 0 Å². The van der Waals surface area contributed by atoms with E-state index in [0.29, 0.717) is 5.82 Å². The van der Waals surface area contributed by atoms with Gasteiger partial charge in [0.1, 0.15) is 6.57 Å². The Morgan fingerprint density at radius 2 is 1.90 bits per heavy atom. The summed E-state index contributed by atoms with van der Waals surface area (Å²) in [5.74, 6) is 0.417. The number of nitrogens with zero attached hydrogens (tertiary/aromatic N) is 2. The largest absolute Gasteiger partial charge is 0.417 e. The number of pyridine rings is 1. The van der Waals surface area contributed by atoms with Gasteiger partial charge in [-0.2, -0.15) is 9.41 Å². The highest BCUT2D eigenvalue weighted by atomic mass is 15.0. The van der Waals surface area contributed by atoms with Crippen molar-refractivity contribution >= 4 is 5.82 Å². The van der Waals surface area contributed by atoms with Crippen molar-refractivity contribution in [3.63, 3.8) is 0 Å². The molecule has 0 amide bonds. The lowest BCUT2D eigenvalue weighted by atomic mass is 10.5. The Bertz CT molecular complexity index is 269. The first-order valence-corrected chi connectivity index (χ1v) is 2.87. The smallest absolute Gasteiger partial charge is 0.177 e. The van der Waals surface area contributed by atoms with Crippen LogP contribution in [0.15, 0.2) is 37.2 Å². The van der Waals surface area contributed by atoms with E-state index in [4.69, 9.17) is 6.57 Å². The van der Waals surface area contributed by atoms with Gasteiger partial charge in [-0.25, -0.2) is 0 Å². The molecule has 0 atom stereocenters. The van der Waals surface area contributed by atoms with Gasteiger partial charge in [0.25, 0.3) is 0 Å². The van der Waals surface area contributed by atoms with E-state index in [1.807, 2.05) is 18.2 Å². The molecule has 0 aliphatic carbocycles. The highest BCUT2D eigenvalue weighted by Gasteiger charge is 2.01. The van der Waals surface area contributed by atoms with E-state index in [1.54, 1.807) is 17.0 Å². The third-order valence-electron chi connectivity index (χ3n) is 1.14. The van der Waals surface area contributed by atoms with Gasteiger partial charge in [0.15, 0.2) is 12.4 Å². The van der Waals surface area contributed by atoms with Crippen LogP contribution in [0.5, 0.6) is 0 Å². The van der Waals surface area contributed by atoms with Crippen molar-refractivity contribution in [2.24, 2.45) is 0 Å². The highest BCUT2D eigenvalue weighted by Crippen LogP contribution is 1.88. The van der Waals surface area contributed by atoms with Gasteiger partial charge in [0.05, 0.1) is 0 Å². The molecule has 0 fully saturated rings. The van der Waals surface area contributed by atoms with Crippen molar-refractivity contribution < 1.29 is 4.57 Å². The highest BCUT2D eigenvalue weighted by molar-refractivity contribution is 5.35. The fourth-order valence-corrected chi connectivity index (χ4v) is 0.628. The first-order chi connectivity index (χ1) is 4.84. The molecule has 0 N–H and O–H groups in total. The zero-order valence-corrected chi connectivity index (χ0v) is 5.49. The van der Waals surface area contributed by atoms with Crippen LogP contribution in [-0.2, 0) is 0 Å². The molecule has 0 unspecified atom stereocenters. The van der Waals surface area contributed by atoms with Crippen LogP contribution in [0, 0.1) is 6.57 Å². The van der Waals surface area contributed by atoms with E-state index in [-0.39, 0.29) is 0 Å². The number of aromatic nitrogens is 1. The summed E-state index contributed by atoms with van der Waals surface area (Å²) >= 11 is 0. The summed E-state index contributed by atoms with van der Waals surface area (Å²) in [5.41, 5.74) is 0. The third-order valence-corrected chi connectivity index (χ3v) is 1.14. The van der Waals surface area contributed by atoms with E-state index in [2.05, 4.69) is 11.4 Å². The van der Waals surface area contributed by atoms with Crippen molar-refractivity contribution in [3.05, 3.63) is 48.6 Å². The molecule has 1 heterocycles. The number of rotatable bonds is 1. The second-order valence-electron chi connectivity index (χ2n) is 1.81. The normalized spacial score (nSPS) is 8.30. The van der Waals surface area contributed by atoms with Crippen molar-refractivity contribution in [1.29, 1.82) is 0 Å². The Kier molecular flexibility index (Phi) is 1.81. The Morgan fingerprint density at radius 1 is 1.30 bits per heavy atom. The molecule has 1 rings (SSSR count). The molecule has 0 radical (unpaired) electrons. The first-order valence-electron chi connectivity index (χ1n) is 2.87. The molecule has 0 saturated carbocycles. The monoisotopic (exact) mass is 131 g/mol. The minimum atomic E-state index is 0.417. The summed E-state index contributed by atoms with van der Waals surface area (Å²) in [6.45, 7) is 10.2. The van der Waals surface area contributed by atoms with E-state index in [0.717, 1.165) is 0 Å². The summed E-state index contributed by atoms with van der Waals surface area (Å²) in [6, 6.07) is 5.61. The first kappa shape index (κ1) is 6.50. The van der Waals surface area contributed by atoms with Gasteiger partial charge in [-0.05, 0) is 6.58 Å². The molecule has 2 heteroatoms. The van der Waals surface area contributed by atoms with E-state index in [9.17, 15) is 0 Å². The Balaban J connectivity index is 2.99. The molecular weight excluding hydrogens is 124 g/mol. The minimum Gasteiger partial charge on any atom is -0.177 e. The van der Waals surface area contributed by atoms with Gasteiger partial charge in [-0.15, -0.1) is 0 Å². The van der Waals surface area contributed by atoms with Gasteiger partial charge in [0.2, 0.25) is 0 Å².